The molecule has 3 N–H and O–H groups in total. The second kappa shape index (κ2) is 8.37. The lowest BCUT2D eigenvalue weighted by Crippen LogP contribution is -2.55. The van der Waals surface area contributed by atoms with Crippen molar-refractivity contribution < 1.29 is 9.59 Å². The maximum Gasteiger partial charge on any atom is 0.244 e. The molecule has 0 aromatic heterocycles. The van der Waals surface area contributed by atoms with Crippen LogP contribution < -0.4 is 16.0 Å². The lowest BCUT2D eigenvalue weighted by molar-refractivity contribution is -0.131. The third-order valence-electron chi connectivity index (χ3n) is 2.90. The molecule has 0 spiro atoms. The van der Waals surface area contributed by atoms with Crippen LogP contribution in [-0.2, 0) is 9.59 Å². The summed E-state index contributed by atoms with van der Waals surface area (Å²) in [5, 5.41) is 8.96. The Morgan fingerprint density at radius 2 is 1.48 bits per heavy atom. The molecule has 0 aromatic carbocycles. The Morgan fingerprint density at radius 1 is 0.952 bits per heavy atom. The normalized spacial score (nSPS) is 15.0. The van der Waals surface area contributed by atoms with Crippen molar-refractivity contribution in [3.8, 4) is 0 Å². The molecule has 0 bridgehead atoms. The van der Waals surface area contributed by atoms with Crippen LogP contribution in [0.2, 0.25) is 0 Å². The molecule has 0 saturated heterocycles. The van der Waals surface area contributed by atoms with Gasteiger partial charge in [-0.2, -0.15) is 0 Å². The molecule has 2 atom stereocenters. The number of hydrogen-bond acceptors (Lipinski definition) is 3. The lowest BCUT2D eigenvalue weighted by Gasteiger charge is -2.26. The van der Waals surface area contributed by atoms with Crippen molar-refractivity contribution in [2.75, 3.05) is 0 Å². The average Bonchev–Trinajstić information content (AvgIpc) is 2.21. The Morgan fingerprint density at radius 3 is 1.86 bits per heavy atom. The van der Waals surface area contributed by atoms with E-state index in [4.69, 9.17) is 0 Å². The minimum absolute atomic E-state index is 0.0418. The molecule has 5 heteroatoms. The first-order valence-electron chi connectivity index (χ1n) is 7.78. The van der Waals surface area contributed by atoms with Crippen LogP contribution in [0.4, 0.5) is 0 Å². The van der Waals surface area contributed by atoms with Crippen LogP contribution in [0.1, 0.15) is 61.8 Å². The van der Waals surface area contributed by atoms with Gasteiger partial charge in [0.2, 0.25) is 11.8 Å². The molecule has 0 aliphatic rings. The third kappa shape index (κ3) is 9.45. The number of amides is 2. The highest BCUT2D eigenvalue weighted by Gasteiger charge is 2.26. The van der Waals surface area contributed by atoms with Crippen molar-refractivity contribution in [2.45, 2.75) is 80.1 Å². The standard InChI is InChI=1S/C16H33N3O2/c1-10(2)14(19-13(20)9-16(6,7)8)15(21)18-12(5)17-11(3)4/h10-12,14,17H,9H2,1-8H3,(H,18,21)(H,19,20)/t12-,14?/m0/s1. The largest absolute Gasteiger partial charge is 0.344 e. The molecule has 0 aliphatic heterocycles. The maximum atomic E-state index is 12.3. The molecule has 0 radical (unpaired) electrons. The molecular weight excluding hydrogens is 266 g/mol. The van der Waals surface area contributed by atoms with Gasteiger partial charge in [0.25, 0.3) is 0 Å². The quantitative estimate of drug-likeness (QED) is 0.630. The van der Waals surface area contributed by atoms with Crippen molar-refractivity contribution in [1.29, 1.82) is 0 Å². The molecular formula is C16H33N3O2. The summed E-state index contributed by atoms with van der Waals surface area (Å²) < 4.78 is 0. The van der Waals surface area contributed by atoms with E-state index in [1.165, 1.54) is 0 Å². The Hall–Kier alpha value is -1.10. The van der Waals surface area contributed by atoms with Gasteiger partial charge in [-0.15, -0.1) is 0 Å². The van der Waals surface area contributed by atoms with Crippen molar-refractivity contribution >= 4 is 11.8 Å². The van der Waals surface area contributed by atoms with E-state index in [-0.39, 0.29) is 35.4 Å². The number of carbonyl (C=O) groups excluding carboxylic acids is 2. The van der Waals surface area contributed by atoms with Gasteiger partial charge in [-0.05, 0) is 32.1 Å². The highest BCUT2D eigenvalue weighted by molar-refractivity contribution is 5.88. The molecule has 5 nitrogen and oxygen atoms in total. The van der Waals surface area contributed by atoms with E-state index in [1.54, 1.807) is 0 Å². The van der Waals surface area contributed by atoms with E-state index in [0.29, 0.717) is 6.42 Å². The van der Waals surface area contributed by atoms with Gasteiger partial charge in [0, 0.05) is 12.5 Å². The van der Waals surface area contributed by atoms with Gasteiger partial charge in [-0.1, -0.05) is 34.6 Å². The predicted molar refractivity (Wildman–Crippen MR) is 86.7 cm³/mol. The van der Waals surface area contributed by atoms with Crippen molar-refractivity contribution in [3.63, 3.8) is 0 Å². The van der Waals surface area contributed by atoms with Crippen LogP contribution in [0.25, 0.3) is 0 Å². The molecule has 0 heterocycles. The molecule has 21 heavy (non-hydrogen) atoms. The van der Waals surface area contributed by atoms with Gasteiger partial charge in [-0.3, -0.25) is 14.9 Å². The van der Waals surface area contributed by atoms with Gasteiger partial charge in [0.05, 0.1) is 6.17 Å². The second-order valence-electron chi connectivity index (χ2n) is 7.58. The second-order valence-corrected chi connectivity index (χ2v) is 7.58. The van der Waals surface area contributed by atoms with Gasteiger partial charge >= 0.3 is 0 Å². The lowest BCUT2D eigenvalue weighted by atomic mass is 9.91. The van der Waals surface area contributed by atoms with E-state index in [9.17, 15) is 9.59 Å². The third-order valence-corrected chi connectivity index (χ3v) is 2.90. The predicted octanol–water partition coefficient (Wildman–Crippen LogP) is 2.02. The summed E-state index contributed by atoms with van der Waals surface area (Å²) >= 11 is 0. The first kappa shape index (κ1) is 19.9. The summed E-state index contributed by atoms with van der Waals surface area (Å²) in [5.41, 5.74) is -0.0887. The minimum atomic E-state index is -0.503. The number of nitrogens with one attached hydrogen (secondary N) is 3. The number of carbonyl (C=O) groups is 2. The molecule has 2 amide bonds. The Balaban J connectivity index is 4.61. The fraction of sp³-hybridized carbons (Fsp3) is 0.875. The van der Waals surface area contributed by atoms with Crippen LogP contribution in [0.3, 0.4) is 0 Å². The van der Waals surface area contributed by atoms with Gasteiger partial charge in [0.1, 0.15) is 6.04 Å². The molecule has 0 aromatic rings. The molecule has 1 unspecified atom stereocenters. The van der Waals surface area contributed by atoms with Crippen molar-refractivity contribution in [2.24, 2.45) is 11.3 Å². The summed E-state index contributed by atoms with van der Waals surface area (Å²) in [6.07, 6.45) is 0.279. The highest BCUT2D eigenvalue weighted by Crippen LogP contribution is 2.18. The van der Waals surface area contributed by atoms with E-state index >= 15 is 0 Å². The van der Waals surface area contributed by atoms with Crippen LogP contribution in [0.5, 0.6) is 0 Å². The Labute approximate surface area is 129 Å². The molecule has 0 fully saturated rings. The number of rotatable bonds is 7. The Bertz CT molecular complexity index is 346. The van der Waals surface area contributed by atoms with Crippen LogP contribution in [0, 0.1) is 11.3 Å². The first-order valence-corrected chi connectivity index (χ1v) is 7.78. The average molecular weight is 299 g/mol. The maximum absolute atomic E-state index is 12.3. The van der Waals surface area contributed by atoms with E-state index < -0.39 is 6.04 Å². The summed E-state index contributed by atoms with van der Waals surface area (Å²) in [7, 11) is 0. The van der Waals surface area contributed by atoms with Crippen LogP contribution in [0.15, 0.2) is 0 Å². The molecule has 0 aliphatic carbocycles. The monoisotopic (exact) mass is 299 g/mol. The van der Waals surface area contributed by atoms with Crippen molar-refractivity contribution in [1.82, 2.24) is 16.0 Å². The number of hydrogen-bond donors (Lipinski definition) is 3. The van der Waals surface area contributed by atoms with E-state index in [1.807, 2.05) is 55.4 Å². The summed E-state index contributed by atoms with van der Waals surface area (Å²) in [6.45, 7) is 15.8. The Kier molecular flexibility index (Phi) is 7.93. The summed E-state index contributed by atoms with van der Waals surface area (Å²) in [5.74, 6) is -0.186. The molecule has 124 valence electrons. The first-order chi connectivity index (χ1) is 9.42. The smallest absolute Gasteiger partial charge is 0.244 e. The zero-order valence-electron chi connectivity index (χ0n) is 14.8. The molecule has 0 saturated carbocycles. The van der Waals surface area contributed by atoms with Gasteiger partial charge < -0.3 is 10.6 Å². The van der Waals surface area contributed by atoms with E-state index in [2.05, 4.69) is 16.0 Å². The summed E-state index contributed by atoms with van der Waals surface area (Å²) in [6, 6.07) is -0.218. The topological polar surface area (TPSA) is 70.2 Å². The summed E-state index contributed by atoms with van der Waals surface area (Å²) in [4.78, 5) is 24.3. The fourth-order valence-electron chi connectivity index (χ4n) is 2.09. The minimum Gasteiger partial charge on any atom is -0.344 e. The van der Waals surface area contributed by atoms with Crippen LogP contribution in [-0.4, -0.2) is 30.1 Å². The molecule has 0 rings (SSSR count). The van der Waals surface area contributed by atoms with Crippen LogP contribution >= 0.6 is 0 Å². The highest BCUT2D eigenvalue weighted by atomic mass is 16.2. The van der Waals surface area contributed by atoms with Crippen molar-refractivity contribution in [3.05, 3.63) is 0 Å². The zero-order chi connectivity index (χ0) is 16.8. The van der Waals surface area contributed by atoms with Gasteiger partial charge in [-0.25, -0.2) is 0 Å². The fourth-order valence-corrected chi connectivity index (χ4v) is 2.09. The van der Waals surface area contributed by atoms with Gasteiger partial charge in [0.15, 0.2) is 0 Å². The SMILES string of the molecule is CC(C)N[C@H](C)NC(=O)C(NC(=O)CC(C)(C)C)C(C)C. The zero-order valence-corrected chi connectivity index (χ0v) is 14.8. The van der Waals surface area contributed by atoms with E-state index in [0.717, 1.165) is 0 Å².